The normalized spacial score (nSPS) is 11.8. The highest BCUT2D eigenvalue weighted by molar-refractivity contribution is 5.59. The first-order valence-electron chi connectivity index (χ1n) is 5.80. The van der Waals surface area contributed by atoms with Gasteiger partial charge in [0.1, 0.15) is 0 Å². The van der Waals surface area contributed by atoms with Gasteiger partial charge in [0.2, 0.25) is 0 Å². The quantitative estimate of drug-likeness (QED) is 0.750. The van der Waals surface area contributed by atoms with Gasteiger partial charge < -0.3 is 4.52 Å². The topological polar surface area (TPSA) is 38.9 Å². The third kappa shape index (κ3) is 2.38. The molecule has 0 saturated carbocycles. The zero-order valence-electron chi connectivity index (χ0n) is 11.0. The molecule has 2 aromatic rings. The molecule has 0 spiro atoms. The van der Waals surface area contributed by atoms with Crippen LogP contribution in [-0.4, -0.2) is 10.1 Å². The number of aryl methyl sites for hydroxylation is 2. The van der Waals surface area contributed by atoms with Gasteiger partial charge in [0.05, 0.1) is 0 Å². The Morgan fingerprint density at radius 2 is 1.82 bits per heavy atom. The van der Waals surface area contributed by atoms with Crippen molar-refractivity contribution in [3.63, 3.8) is 0 Å². The summed E-state index contributed by atoms with van der Waals surface area (Å²) in [5.74, 6) is 1.26. The van der Waals surface area contributed by atoms with E-state index in [1.54, 1.807) is 0 Å². The molecule has 0 bridgehead atoms. The Morgan fingerprint density at radius 3 is 2.29 bits per heavy atom. The maximum atomic E-state index is 5.20. The maximum Gasteiger partial charge on any atom is 0.258 e. The predicted molar refractivity (Wildman–Crippen MR) is 67.9 cm³/mol. The second-order valence-corrected chi connectivity index (χ2v) is 5.43. The molecule has 0 aliphatic carbocycles. The summed E-state index contributed by atoms with van der Waals surface area (Å²) in [6, 6.07) is 6.37. The summed E-state index contributed by atoms with van der Waals surface area (Å²) in [5, 5.41) is 3.82. The summed E-state index contributed by atoms with van der Waals surface area (Å²) in [4.78, 5) is 4.26. The van der Waals surface area contributed by atoms with E-state index in [9.17, 15) is 0 Å². The molecule has 2 rings (SSSR count). The number of aromatic nitrogens is 2. The third-order valence-corrected chi connectivity index (χ3v) is 2.85. The molecule has 0 radical (unpaired) electrons. The fraction of sp³-hybridized carbons (Fsp3) is 0.429. The van der Waals surface area contributed by atoms with Gasteiger partial charge in [-0.05, 0) is 36.5 Å². The van der Waals surface area contributed by atoms with Gasteiger partial charge in [-0.25, -0.2) is 0 Å². The van der Waals surface area contributed by atoms with Crippen LogP contribution in [0.2, 0.25) is 0 Å². The van der Waals surface area contributed by atoms with Crippen LogP contribution in [0.4, 0.5) is 0 Å². The Hall–Kier alpha value is -1.64. The second kappa shape index (κ2) is 3.99. The van der Waals surface area contributed by atoms with Crippen molar-refractivity contribution in [3.8, 4) is 11.5 Å². The van der Waals surface area contributed by atoms with Crippen LogP contribution in [-0.2, 0) is 5.41 Å². The van der Waals surface area contributed by atoms with Gasteiger partial charge in [-0.3, -0.25) is 0 Å². The van der Waals surface area contributed by atoms with Crippen LogP contribution in [0, 0.1) is 13.8 Å². The van der Waals surface area contributed by atoms with Gasteiger partial charge in [0.15, 0.2) is 5.82 Å². The number of hydrogen-bond donors (Lipinski definition) is 0. The standard InChI is InChI=1S/C14H18N2O/c1-9-8-11(14(3,4)5)6-7-12(9)13-15-10(2)16-17-13/h6-8H,1-5H3. The monoisotopic (exact) mass is 230 g/mol. The molecule has 0 fully saturated rings. The second-order valence-electron chi connectivity index (χ2n) is 5.43. The fourth-order valence-corrected chi connectivity index (χ4v) is 1.78. The largest absolute Gasteiger partial charge is 0.334 e. The smallest absolute Gasteiger partial charge is 0.258 e. The molecule has 1 heterocycles. The summed E-state index contributed by atoms with van der Waals surface area (Å²) in [5.41, 5.74) is 3.66. The molecule has 0 N–H and O–H groups in total. The van der Waals surface area contributed by atoms with E-state index in [0.29, 0.717) is 11.7 Å². The van der Waals surface area contributed by atoms with E-state index in [0.717, 1.165) is 5.56 Å². The van der Waals surface area contributed by atoms with Crippen LogP contribution in [0.1, 0.15) is 37.7 Å². The molecule has 1 aromatic heterocycles. The van der Waals surface area contributed by atoms with Crippen LogP contribution in [0.5, 0.6) is 0 Å². The molecule has 3 nitrogen and oxygen atoms in total. The molecule has 1 aromatic carbocycles. The van der Waals surface area contributed by atoms with Crippen LogP contribution >= 0.6 is 0 Å². The molecule has 0 saturated heterocycles. The molecular formula is C14H18N2O. The first kappa shape index (κ1) is 11.8. The zero-order chi connectivity index (χ0) is 12.6. The van der Waals surface area contributed by atoms with E-state index < -0.39 is 0 Å². The molecular weight excluding hydrogens is 212 g/mol. The van der Waals surface area contributed by atoms with E-state index in [4.69, 9.17) is 4.52 Å². The van der Waals surface area contributed by atoms with Crippen molar-refractivity contribution in [2.75, 3.05) is 0 Å². The molecule has 0 aliphatic rings. The highest BCUT2D eigenvalue weighted by Crippen LogP contribution is 2.28. The lowest BCUT2D eigenvalue weighted by molar-refractivity contribution is 0.425. The summed E-state index contributed by atoms with van der Waals surface area (Å²) < 4.78 is 5.20. The van der Waals surface area contributed by atoms with Gasteiger partial charge >= 0.3 is 0 Å². The molecule has 0 unspecified atom stereocenters. The van der Waals surface area contributed by atoms with Crippen molar-refractivity contribution < 1.29 is 4.52 Å². The molecule has 0 amide bonds. The lowest BCUT2D eigenvalue weighted by atomic mass is 9.85. The lowest BCUT2D eigenvalue weighted by Gasteiger charge is -2.20. The minimum Gasteiger partial charge on any atom is -0.334 e. The average Bonchev–Trinajstić information content (AvgIpc) is 2.63. The first-order valence-corrected chi connectivity index (χ1v) is 5.80. The van der Waals surface area contributed by atoms with E-state index in [1.165, 1.54) is 11.1 Å². The zero-order valence-corrected chi connectivity index (χ0v) is 11.0. The molecule has 0 aliphatic heterocycles. The Kier molecular flexibility index (Phi) is 2.77. The van der Waals surface area contributed by atoms with E-state index >= 15 is 0 Å². The van der Waals surface area contributed by atoms with E-state index in [1.807, 2.05) is 6.92 Å². The molecule has 3 heteroatoms. The Bertz CT molecular complexity index is 535. The van der Waals surface area contributed by atoms with Crippen molar-refractivity contribution in [2.24, 2.45) is 0 Å². The van der Waals surface area contributed by atoms with Crippen molar-refractivity contribution in [3.05, 3.63) is 35.2 Å². The van der Waals surface area contributed by atoms with Crippen LogP contribution in [0.3, 0.4) is 0 Å². The average molecular weight is 230 g/mol. The summed E-state index contributed by atoms with van der Waals surface area (Å²) in [6.07, 6.45) is 0. The summed E-state index contributed by atoms with van der Waals surface area (Å²) >= 11 is 0. The minimum atomic E-state index is 0.161. The van der Waals surface area contributed by atoms with Crippen LogP contribution in [0.25, 0.3) is 11.5 Å². The third-order valence-electron chi connectivity index (χ3n) is 2.85. The Morgan fingerprint density at radius 1 is 1.12 bits per heavy atom. The van der Waals surface area contributed by atoms with Crippen molar-refractivity contribution in [1.29, 1.82) is 0 Å². The Balaban J connectivity index is 2.45. The van der Waals surface area contributed by atoms with E-state index in [-0.39, 0.29) is 5.41 Å². The van der Waals surface area contributed by atoms with Crippen LogP contribution in [0.15, 0.2) is 22.7 Å². The first-order chi connectivity index (χ1) is 7.88. The Labute approximate surface area is 102 Å². The number of nitrogens with zero attached hydrogens (tertiary/aromatic N) is 2. The van der Waals surface area contributed by atoms with Gasteiger partial charge in [-0.2, -0.15) is 4.98 Å². The van der Waals surface area contributed by atoms with Gasteiger partial charge in [-0.15, -0.1) is 0 Å². The van der Waals surface area contributed by atoms with E-state index in [2.05, 4.69) is 56.0 Å². The number of hydrogen-bond acceptors (Lipinski definition) is 3. The maximum absolute atomic E-state index is 5.20. The van der Waals surface area contributed by atoms with Crippen molar-refractivity contribution in [1.82, 2.24) is 10.1 Å². The number of rotatable bonds is 1. The summed E-state index contributed by atoms with van der Waals surface area (Å²) in [7, 11) is 0. The summed E-state index contributed by atoms with van der Waals surface area (Å²) in [6.45, 7) is 10.5. The lowest BCUT2D eigenvalue weighted by Crippen LogP contribution is -2.11. The highest BCUT2D eigenvalue weighted by atomic mass is 16.5. The minimum absolute atomic E-state index is 0.161. The van der Waals surface area contributed by atoms with Crippen molar-refractivity contribution >= 4 is 0 Å². The van der Waals surface area contributed by atoms with Crippen molar-refractivity contribution in [2.45, 2.75) is 40.0 Å². The molecule has 17 heavy (non-hydrogen) atoms. The molecule has 0 atom stereocenters. The highest BCUT2D eigenvalue weighted by Gasteiger charge is 2.16. The molecule has 90 valence electrons. The number of benzene rings is 1. The predicted octanol–water partition coefficient (Wildman–Crippen LogP) is 3.65. The van der Waals surface area contributed by atoms with Gasteiger partial charge in [0, 0.05) is 5.56 Å². The van der Waals surface area contributed by atoms with Gasteiger partial charge in [0.25, 0.3) is 5.89 Å². The fourth-order valence-electron chi connectivity index (χ4n) is 1.78. The SMILES string of the molecule is Cc1noc(-c2ccc(C(C)(C)C)cc2C)n1. The van der Waals surface area contributed by atoms with Crippen LogP contribution < -0.4 is 0 Å². The van der Waals surface area contributed by atoms with Gasteiger partial charge in [-0.1, -0.05) is 38.1 Å².